The Morgan fingerprint density at radius 2 is 1.72 bits per heavy atom. The maximum Gasteiger partial charge on any atom is 0.316 e. The quantitative estimate of drug-likeness (QED) is 0.239. The van der Waals surface area contributed by atoms with E-state index in [2.05, 4.69) is 0 Å². The van der Waals surface area contributed by atoms with Crippen molar-refractivity contribution in [2.24, 2.45) is 17.8 Å². The summed E-state index contributed by atoms with van der Waals surface area (Å²) in [7, 11) is 0. The highest BCUT2D eigenvalue weighted by atomic mass is 35.5. The number of allylic oxidation sites excluding steroid dienone is 2. The normalized spacial score (nSPS) is 23.7. The molecule has 36 heavy (non-hydrogen) atoms. The van der Waals surface area contributed by atoms with Crippen molar-refractivity contribution >= 4 is 58.3 Å². The van der Waals surface area contributed by atoms with Gasteiger partial charge in [0.25, 0.3) is 0 Å². The van der Waals surface area contributed by atoms with Crippen molar-refractivity contribution in [1.29, 1.82) is 0 Å². The van der Waals surface area contributed by atoms with Crippen molar-refractivity contribution in [3.63, 3.8) is 0 Å². The number of ether oxygens (including phenoxy) is 1. The summed E-state index contributed by atoms with van der Waals surface area (Å²) in [6.45, 7) is 3.87. The second kappa shape index (κ2) is 9.37. The summed E-state index contributed by atoms with van der Waals surface area (Å²) in [5.74, 6) is -2.21. The predicted molar refractivity (Wildman–Crippen MR) is 136 cm³/mol. The average molecular weight is 527 g/mol. The van der Waals surface area contributed by atoms with Gasteiger partial charge in [-0.15, -0.1) is 0 Å². The largest absolute Gasteiger partial charge is 0.426 e. The molecule has 7 nitrogen and oxygen atoms in total. The van der Waals surface area contributed by atoms with Gasteiger partial charge >= 0.3 is 5.97 Å². The molecule has 0 saturated carbocycles. The molecule has 0 unspecified atom stereocenters. The molecule has 3 atom stereocenters. The first-order valence-electron chi connectivity index (χ1n) is 11.8. The number of carbonyl (C=O) groups excluding carboxylic acids is 4. The second-order valence-electron chi connectivity index (χ2n) is 9.56. The molecule has 0 aromatic heterocycles. The maximum atomic E-state index is 13.0. The van der Waals surface area contributed by atoms with Gasteiger partial charge in [-0.05, 0) is 62.6 Å². The van der Waals surface area contributed by atoms with E-state index in [1.807, 2.05) is 13.0 Å². The molecule has 186 valence electrons. The number of fused-ring (bicyclic) bond motifs is 1. The number of benzene rings is 2. The maximum absolute atomic E-state index is 13.0. The van der Waals surface area contributed by atoms with Crippen LogP contribution in [0, 0.1) is 24.7 Å². The van der Waals surface area contributed by atoms with Crippen LogP contribution in [0.4, 0.5) is 11.4 Å². The van der Waals surface area contributed by atoms with Crippen LogP contribution in [0.25, 0.3) is 0 Å². The number of hydrogen-bond acceptors (Lipinski definition) is 5. The van der Waals surface area contributed by atoms with Crippen LogP contribution in [-0.4, -0.2) is 30.2 Å². The van der Waals surface area contributed by atoms with E-state index in [-0.39, 0.29) is 53.3 Å². The van der Waals surface area contributed by atoms with Crippen LogP contribution < -0.4 is 14.5 Å². The van der Waals surface area contributed by atoms with Gasteiger partial charge in [-0.3, -0.25) is 19.2 Å². The topological polar surface area (TPSA) is 84.0 Å². The van der Waals surface area contributed by atoms with E-state index in [0.717, 1.165) is 5.57 Å². The fourth-order valence-corrected chi connectivity index (χ4v) is 5.61. The molecule has 2 saturated heterocycles. The summed E-state index contributed by atoms with van der Waals surface area (Å²) >= 11 is 12.3. The Kier molecular flexibility index (Phi) is 6.39. The Morgan fingerprint density at radius 1 is 0.972 bits per heavy atom. The SMILES string of the molecule is CC1=CC[C@@H]2C(=O)N(c3ccc(OC(=O)[C@H]4CC(=O)N(c5cccc(Cl)c5Cl)C4)cc3C)C(=O)[C@@H]2C1. The molecule has 2 aliphatic heterocycles. The van der Waals surface area contributed by atoms with Crippen molar-refractivity contribution in [3.8, 4) is 5.75 Å². The molecule has 3 aliphatic rings. The average Bonchev–Trinajstić information content (AvgIpc) is 3.33. The third kappa shape index (κ3) is 4.20. The third-order valence-corrected chi connectivity index (χ3v) is 7.94. The molecule has 0 bridgehead atoms. The number of carbonyl (C=O) groups is 4. The van der Waals surface area contributed by atoms with E-state index < -0.39 is 11.9 Å². The zero-order valence-electron chi connectivity index (χ0n) is 19.8. The summed E-state index contributed by atoms with van der Waals surface area (Å²) < 4.78 is 5.57. The lowest BCUT2D eigenvalue weighted by Crippen LogP contribution is -2.31. The smallest absolute Gasteiger partial charge is 0.316 e. The molecule has 0 N–H and O–H groups in total. The number of anilines is 2. The zero-order valence-corrected chi connectivity index (χ0v) is 21.3. The summed E-state index contributed by atoms with van der Waals surface area (Å²) in [6, 6.07) is 9.81. The number of aryl methyl sites for hydroxylation is 1. The van der Waals surface area contributed by atoms with Gasteiger partial charge in [0.15, 0.2) is 0 Å². The van der Waals surface area contributed by atoms with Crippen molar-refractivity contribution in [2.45, 2.75) is 33.1 Å². The molecule has 2 aromatic carbocycles. The first-order valence-corrected chi connectivity index (χ1v) is 12.5. The third-order valence-electron chi connectivity index (χ3n) is 7.13. The van der Waals surface area contributed by atoms with Crippen LogP contribution in [0.3, 0.4) is 0 Å². The van der Waals surface area contributed by atoms with Crippen molar-refractivity contribution in [2.75, 3.05) is 16.3 Å². The van der Waals surface area contributed by atoms with E-state index in [9.17, 15) is 19.2 Å². The van der Waals surface area contributed by atoms with E-state index in [4.69, 9.17) is 27.9 Å². The minimum atomic E-state index is -0.673. The molecule has 2 fully saturated rings. The lowest BCUT2D eigenvalue weighted by atomic mass is 9.82. The minimum absolute atomic E-state index is 0.00818. The molecular formula is C27H24Cl2N2O5. The van der Waals surface area contributed by atoms with E-state index in [1.54, 1.807) is 43.3 Å². The fraction of sp³-hybridized carbons (Fsp3) is 0.333. The summed E-state index contributed by atoms with van der Waals surface area (Å²) in [4.78, 5) is 54.2. The highest BCUT2D eigenvalue weighted by molar-refractivity contribution is 6.44. The Hall–Kier alpha value is -3.16. The number of amides is 3. The van der Waals surface area contributed by atoms with E-state index in [1.165, 1.54) is 9.80 Å². The fourth-order valence-electron chi connectivity index (χ4n) is 5.22. The van der Waals surface area contributed by atoms with Crippen LogP contribution in [-0.2, 0) is 19.2 Å². The molecule has 3 amide bonds. The predicted octanol–water partition coefficient (Wildman–Crippen LogP) is 5.11. The van der Waals surface area contributed by atoms with Gasteiger partial charge in [-0.2, -0.15) is 0 Å². The van der Waals surface area contributed by atoms with Crippen LogP contribution in [0.15, 0.2) is 48.0 Å². The van der Waals surface area contributed by atoms with E-state index in [0.29, 0.717) is 34.8 Å². The number of halogens is 2. The molecule has 0 spiro atoms. The lowest BCUT2D eigenvalue weighted by Gasteiger charge is -2.19. The Bertz CT molecular complexity index is 1340. The van der Waals surface area contributed by atoms with E-state index >= 15 is 0 Å². The lowest BCUT2D eigenvalue weighted by molar-refractivity contribution is -0.139. The second-order valence-corrected chi connectivity index (χ2v) is 10.3. The van der Waals surface area contributed by atoms with Crippen LogP contribution in [0.5, 0.6) is 5.75 Å². The van der Waals surface area contributed by atoms with Crippen LogP contribution in [0.1, 0.15) is 31.7 Å². The first kappa shape index (κ1) is 24.5. The number of imide groups is 1. The van der Waals surface area contributed by atoms with Gasteiger partial charge in [0.2, 0.25) is 17.7 Å². The Balaban J connectivity index is 1.29. The first-order chi connectivity index (χ1) is 17.2. The summed E-state index contributed by atoms with van der Waals surface area (Å²) in [5, 5.41) is 0.578. The van der Waals surface area contributed by atoms with Crippen molar-refractivity contribution in [1.82, 2.24) is 0 Å². The monoisotopic (exact) mass is 526 g/mol. The number of hydrogen-bond donors (Lipinski definition) is 0. The van der Waals surface area contributed by atoms with Crippen LogP contribution >= 0.6 is 23.2 Å². The molecule has 2 heterocycles. The molecular weight excluding hydrogens is 503 g/mol. The van der Waals surface area contributed by atoms with Crippen LogP contribution in [0.2, 0.25) is 10.0 Å². The van der Waals surface area contributed by atoms with Gasteiger partial charge in [0.1, 0.15) is 5.75 Å². The van der Waals surface area contributed by atoms with Crippen molar-refractivity contribution in [3.05, 3.63) is 63.7 Å². The number of esters is 1. The molecule has 5 rings (SSSR count). The molecule has 2 aromatic rings. The molecule has 1 aliphatic carbocycles. The van der Waals surface area contributed by atoms with Gasteiger partial charge in [0.05, 0.1) is 39.2 Å². The summed E-state index contributed by atoms with van der Waals surface area (Å²) in [6.07, 6.45) is 3.19. The minimum Gasteiger partial charge on any atom is -0.426 e. The molecule has 9 heteroatoms. The van der Waals surface area contributed by atoms with Crippen molar-refractivity contribution < 1.29 is 23.9 Å². The standard InChI is InChI=1S/C27H24Cl2N2O5/c1-14-6-8-18-19(10-14)26(34)31(25(18)33)21-9-7-17(11-15(21)2)36-27(35)16-12-23(32)30(13-16)22-5-3-4-20(28)24(22)29/h3-7,9,11,16,18-19H,8,10,12-13H2,1-2H3/t16-,18-,19+/m0/s1. The Morgan fingerprint density at radius 3 is 2.47 bits per heavy atom. The highest BCUT2D eigenvalue weighted by Crippen LogP contribution is 2.41. The highest BCUT2D eigenvalue weighted by Gasteiger charge is 2.49. The van der Waals surface area contributed by atoms with Gasteiger partial charge in [-0.1, -0.05) is 40.9 Å². The zero-order chi connectivity index (χ0) is 25.7. The Labute approximate surface area is 218 Å². The summed E-state index contributed by atoms with van der Waals surface area (Å²) in [5.41, 5.74) is 2.71. The number of nitrogens with zero attached hydrogens (tertiary/aromatic N) is 2. The van der Waals surface area contributed by atoms with Gasteiger partial charge < -0.3 is 9.64 Å². The van der Waals surface area contributed by atoms with Gasteiger partial charge in [0, 0.05) is 13.0 Å². The number of rotatable bonds is 4. The van der Waals surface area contributed by atoms with Gasteiger partial charge in [-0.25, -0.2) is 4.90 Å². The molecule has 0 radical (unpaired) electrons.